The first-order valence-corrected chi connectivity index (χ1v) is 11.3. The maximum Gasteiger partial charge on any atom is 0.253 e. The van der Waals surface area contributed by atoms with Crippen molar-refractivity contribution in [2.45, 2.75) is 64.1 Å². The molecular weight excluding hydrogens is 396 g/mol. The minimum absolute atomic E-state index is 0.0331. The number of likely N-dealkylation sites (tertiary alicyclic amines) is 1. The Morgan fingerprint density at radius 3 is 2.52 bits per heavy atom. The zero-order chi connectivity index (χ0) is 22.4. The molecule has 8 nitrogen and oxygen atoms in total. The van der Waals surface area contributed by atoms with Gasteiger partial charge in [0.2, 0.25) is 5.91 Å². The number of carbonyl (C=O) groups excluding carboxylic acids is 2. The number of ether oxygens (including phenoxy) is 2. The fourth-order valence-electron chi connectivity index (χ4n) is 4.36. The molecule has 0 aliphatic carbocycles. The van der Waals surface area contributed by atoms with Gasteiger partial charge in [-0.2, -0.15) is 0 Å². The highest BCUT2D eigenvalue weighted by Crippen LogP contribution is 2.31. The summed E-state index contributed by atoms with van der Waals surface area (Å²) < 4.78 is 11.6. The Balaban J connectivity index is 1.57. The summed E-state index contributed by atoms with van der Waals surface area (Å²) in [6.07, 6.45) is 4.90. The molecule has 1 aromatic rings. The van der Waals surface area contributed by atoms with Gasteiger partial charge in [-0.05, 0) is 31.0 Å². The van der Waals surface area contributed by atoms with Crippen LogP contribution in [0, 0.1) is 0 Å². The van der Waals surface area contributed by atoms with Crippen molar-refractivity contribution in [3.8, 4) is 11.5 Å². The van der Waals surface area contributed by atoms with E-state index in [1.54, 1.807) is 31.1 Å². The number of rotatable bonds is 8. The van der Waals surface area contributed by atoms with Gasteiger partial charge in [-0.1, -0.05) is 13.3 Å². The second kappa shape index (κ2) is 10.8. The molecule has 0 saturated carbocycles. The molecule has 1 aromatic carbocycles. The topological polar surface area (TPSA) is 83.1 Å². The molecule has 0 spiro atoms. The Kier molecular flexibility index (Phi) is 8.15. The highest BCUT2D eigenvalue weighted by molar-refractivity contribution is 5.94. The summed E-state index contributed by atoms with van der Waals surface area (Å²) in [6.45, 7) is 5.82. The highest BCUT2D eigenvalue weighted by Gasteiger charge is 2.26. The Morgan fingerprint density at radius 1 is 1.16 bits per heavy atom. The normalized spacial score (nSPS) is 21.7. The maximum atomic E-state index is 13.0. The first-order chi connectivity index (χ1) is 14.9. The third-order valence-electron chi connectivity index (χ3n) is 6.13. The van der Waals surface area contributed by atoms with Crippen molar-refractivity contribution in [3.05, 3.63) is 23.8 Å². The second-order valence-corrected chi connectivity index (χ2v) is 8.58. The lowest BCUT2D eigenvalue weighted by molar-refractivity contribution is -0.130. The van der Waals surface area contributed by atoms with Gasteiger partial charge >= 0.3 is 0 Å². The first kappa shape index (κ1) is 23.3. The fourth-order valence-corrected chi connectivity index (χ4v) is 4.36. The van der Waals surface area contributed by atoms with Crippen LogP contribution in [0.3, 0.4) is 0 Å². The van der Waals surface area contributed by atoms with E-state index in [1.807, 2.05) is 18.0 Å². The van der Waals surface area contributed by atoms with Gasteiger partial charge in [-0.3, -0.25) is 20.4 Å². The van der Waals surface area contributed by atoms with Crippen LogP contribution in [0.2, 0.25) is 0 Å². The number of amides is 2. The molecule has 2 saturated heterocycles. The molecule has 0 bridgehead atoms. The summed E-state index contributed by atoms with van der Waals surface area (Å²) >= 11 is 0. The van der Waals surface area contributed by atoms with E-state index in [0.29, 0.717) is 42.7 Å². The largest absolute Gasteiger partial charge is 0.493 e. The van der Waals surface area contributed by atoms with E-state index in [2.05, 4.69) is 17.8 Å². The molecule has 2 amide bonds. The number of hydrogen-bond acceptors (Lipinski definition) is 6. The van der Waals surface area contributed by atoms with Crippen LogP contribution in [0.15, 0.2) is 18.2 Å². The predicted octanol–water partition coefficient (Wildman–Crippen LogP) is 2.19. The van der Waals surface area contributed by atoms with Gasteiger partial charge in [0, 0.05) is 64.1 Å². The number of piperidine rings is 1. The van der Waals surface area contributed by atoms with Crippen LogP contribution in [-0.2, 0) is 4.79 Å². The van der Waals surface area contributed by atoms with Gasteiger partial charge in [-0.25, -0.2) is 0 Å². The van der Waals surface area contributed by atoms with Gasteiger partial charge in [0.25, 0.3) is 5.91 Å². The van der Waals surface area contributed by atoms with Crippen molar-refractivity contribution in [1.29, 1.82) is 0 Å². The second-order valence-electron chi connectivity index (χ2n) is 8.58. The third kappa shape index (κ3) is 6.11. The Morgan fingerprint density at radius 2 is 1.87 bits per heavy atom. The van der Waals surface area contributed by atoms with Crippen molar-refractivity contribution in [2.24, 2.45) is 0 Å². The molecule has 8 heteroatoms. The van der Waals surface area contributed by atoms with E-state index >= 15 is 0 Å². The van der Waals surface area contributed by atoms with Crippen molar-refractivity contribution >= 4 is 11.8 Å². The minimum Gasteiger partial charge on any atom is -0.493 e. The number of hydrogen-bond donors (Lipinski definition) is 2. The molecule has 172 valence electrons. The first-order valence-electron chi connectivity index (χ1n) is 11.3. The lowest BCUT2D eigenvalue weighted by Gasteiger charge is -2.31. The van der Waals surface area contributed by atoms with E-state index in [-0.39, 0.29) is 24.0 Å². The quantitative estimate of drug-likeness (QED) is 0.655. The van der Waals surface area contributed by atoms with E-state index in [9.17, 15) is 9.59 Å². The molecule has 2 unspecified atom stereocenters. The average Bonchev–Trinajstić information content (AvgIpc) is 3.21. The number of benzene rings is 1. The van der Waals surface area contributed by atoms with Crippen LogP contribution in [-0.4, -0.2) is 73.6 Å². The lowest BCUT2D eigenvalue weighted by atomic mass is 10.1. The lowest BCUT2D eigenvalue weighted by Crippen LogP contribution is -2.41. The summed E-state index contributed by atoms with van der Waals surface area (Å²) in [4.78, 5) is 28.0. The van der Waals surface area contributed by atoms with Crippen molar-refractivity contribution in [1.82, 2.24) is 20.7 Å². The Bertz CT molecular complexity index is 764. The van der Waals surface area contributed by atoms with E-state index in [0.717, 1.165) is 32.1 Å². The molecule has 3 rings (SSSR count). The van der Waals surface area contributed by atoms with Gasteiger partial charge in [0.15, 0.2) is 11.5 Å². The molecule has 2 atom stereocenters. The molecular formula is C23H36N4O4. The van der Waals surface area contributed by atoms with Crippen LogP contribution in [0.4, 0.5) is 0 Å². The molecule has 2 heterocycles. The molecule has 31 heavy (non-hydrogen) atoms. The predicted molar refractivity (Wildman–Crippen MR) is 119 cm³/mol. The minimum atomic E-state index is -0.0413. The average molecular weight is 433 g/mol. The van der Waals surface area contributed by atoms with Crippen molar-refractivity contribution in [3.63, 3.8) is 0 Å². The number of methoxy groups -OCH3 is 1. The van der Waals surface area contributed by atoms with Gasteiger partial charge in [-0.15, -0.1) is 0 Å². The Labute approximate surface area is 185 Å². The smallest absolute Gasteiger partial charge is 0.253 e. The molecule has 2 aliphatic heterocycles. The molecule has 2 aliphatic rings. The van der Waals surface area contributed by atoms with Crippen LogP contribution in [0.5, 0.6) is 11.5 Å². The van der Waals surface area contributed by atoms with Gasteiger partial charge in [0.05, 0.1) is 7.11 Å². The molecule has 2 fully saturated rings. The van der Waals surface area contributed by atoms with Crippen LogP contribution in [0.25, 0.3) is 0 Å². The van der Waals surface area contributed by atoms with Crippen LogP contribution >= 0.6 is 0 Å². The van der Waals surface area contributed by atoms with Crippen LogP contribution < -0.4 is 20.3 Å². The monoisotopic (exact) mass is 432 g/mol. The Hall–Kier alpha value is -2.32. The number of likely N-dealkylation sites (N-methyl/N-ethyl adjacent to an activating group) is 1. The molecule has 0 aromatic heterocycles. The summed E-state index contributed by atoms with van der Waals surface area (Å²) in [5.74, 6) is 1.25. The van der Waals surface area contributed by atoms with E-state index in [1.165, 1.54) is 0 Å². The summed E-state index contributed by atoms with van der Waals surface area (Å²) in [7, 11) is 3.41. The standard InChI is InChI=1S/C23H36N4O4/c1-5-6-18-14-19(25-24-18)15-26(3)23(29)17-7-8-21(22(13-17)30-4)31-20-9-11-27(12-10-20)16(2)28/h7-8,13,18-20,24-25H,5-6,9-12,14-15H2,1-4H3. The zero-order valence-corrected chi connectivity index (χ0v) is 19.1. The van der Waals surface area contributed by atoms with E-state index < -0.39 is 0 Å². The number of nitrogens with one attached hydrogen (secondary N) is 2. The highest BCUT2D eigenvalue weighted by atomic mass is 16.5. The van der Waals surface area contributed by atoms with Crippen molar-refractivity contribution in [2.75, 3.05) is 33.8 Å². The SMILES string of the molecule is CCCC1CC(CN(C)C(=O)c2ccc(OC3CCN(C(C)=O)CC3)c(OC)c2)NN1. The van der Waals surface area contributed by atoms with Gasteiger partial charge in [0.1, 0.15) is 6.10 Å². The summed E-state index contributed by atoms with van der Waals surface area (Å²) in [5.41, 5.74) is 7.20. The summed E-state index contributed by atoms with van der Waals surface area (Å²) in [5, 5.41) is 0. The number of nitrogens with zero attached hydrogens (tertiary/aromatic N) is 2. The van der Waals surface area contributed by atoms with E-state index in [4.69, 9.17) is 9.47 Å². The molecule has 2 N–H and O–H groups in total. The fraction of sp³-hybridized carbons (Fsp3) is 0.652. The van der Waals surface area contributed by atoms with Crippen molar-refractivity contribution < 1.29 is 19.1 Å². The zero-order valence-electron chi connectivity index (χ0n) is 19.1. The summed E-state index contributed by atoms with van der Waals surface area (Å²) in [6, 6.07) is 6.07. The van der Waals surface area contributed by atoms with Crippen LogP contribution in [0.1, 0.15) is 56.3 Å². The van der Waals surface area contributed by atoms with Gasteiger partial charge < -0.3 is 19.3 Å². The maximum absolute atomic E-state index is 13.0. The number of carbonyl (C=O) groups is 2. The molecule has 0 radical (unpaired) electrons. The third-order valence-corrected chi connectivity index (χ3v) is 6.13. The number of hydrazine groups is 1.